The molecule has 1 rings (SSSR count). The van der Waals surface area contributed by atoms with E-state index in [1.165, 1.54) is 57.8 Å². The summed E-state index contributed by atoms with van der Waals surface area (Å²) < 4.78 is 0. The van der Waals surface area contributed by atoms with Crippen LogP contribution in [0.1, 0.15) is 96.8 Å². The molecule has 4 heteroatoms. The van der Waals surface area contributed by atoms with E-state index in [4.69, 9.17) is 0 Å². The lowest BCUT2D eigenvalue weighted by Crippen LogP contribution is -2.32. The van der Waals surface area contributed by atoms with Gasteiger partial charge in [0.2, 0.25) is 5.91 Å². The largest absolute Gasteiger partial charge is 0.378 e. The summed E-state index contributed by atoms with van der Waals surface area (Å²) in [5.41, 5.74) is 0. The van der Waals surface area contributed by atoms with Crippen LogP contribution in [0.3, 0.4) is 0 Å². The molecule has 0 spiro atoms. The van der Waals surface area contributed by atoms with Crippen LogP contribution in [0.2, 0.25) is 0 Å². The molecular formula is C20H40N2O2. The smallest absolute Gasteiger partial charge is 0.219 e. The van der Waals surface area contributed by atoms with E-state index in [0.717, 1.165) is 45.3 Å². The van der Waals surface area contributed by atoms with Crippen LogP contribution in [0.4, 0.5) is 0 Å². The van der Waals surface area contributed by atoms with Crippen molar-refractivity contribution in [1.29, 1.82) is 0 Å². The molecule has 0 bridgehead atoms. The molecule has 0 aromatic heterocycles. The number of hydrogen-bond donors (Lipinski definition) is 2. The van der Waals surface area contributed by atoms with Gasteiger partial charge in [0.05, 0.1) is 0 Å². The summed E-state index contributed by atoms with van der Waals surface area (Å²) in [6.45, 7) is 4.88. The number of nitrogens with zero attached hydrogens (tertiary/aromatic N) is 1. The highest BCUT2D eigenvalue weighted by Crippen LogP contribution is 2.14. The van der Waals surface area contributed by atoms with E-state index in [-0.39, 0.29) is 12.1 Å². The number of hydrogen-bond acceptors (Lipinski definition) is 3. The first kappa shape index (κ1) is 21.4. The molecule has 1 heterocycles. The van der Waals surface area contributed by atoms with Gasteiger partial charge in [-0.3, -0.25) is 9.69 Å². The Morgan fingerprint density at radius 1 is 1.00 bits per heavy atom. The summed E-state index contributed by atoms with van der Waals surface area (Å²) in [5, 5.41) is 12.7. The number of carbonyl (C=O) groups is 1. The Bertz CT molecular complexity index is 310. The molecule has 2 N–H and O–H groups in total. The highest BCUT2D eigenvalue weighted by Gasteiger charge is 2.20. The molecule has 1 unspecified atom stereocenters. The average Bonchev–Trinajstić information content (AvgIpc) is 2.98. The van der Waals surface area contributed by atoms with Crippen LogP contribution in [0.5, 0.6) is 0 Å². The lowest BCUT2D eigenvalue weighted by Gasteiger charge is -2.19. The van der Waals surface area contributed by atoms with Crippen molar-refractivity contribution < 1.29 is 9.90 Å². The second kappa shape index (κ2) is 14.7. The molecule has 1 amide bonds. The Hall–Kier alpha value is -0.610. The molecular weight excluding hydrogens is 300 g/mol. The Morgan fingerprint density at radius 3 is 2.21 bits per heavy atom. The number of aliphatic hydroxyl groups excluding tert-OH is 1. The van der Waals surface area contributed by atoms with Crippen molar-refractivity contribution in [2.75, 3.05) is 19.6 Å². The van der Waals surface area contributed by atoms with Crippen LogP contribution in [0.15, 0.2) is 0 Å². The number of unbranched alkanes of at least 4 members (excludes halogenated alkanes) is 9. The van der Waals surface area contributed by atoms with Gasteiger partial charge >= 0.3 is 0 Å². The van der Waals surface area contributed by atoms with Gasteiger partial charge in [0.1, 0.15) is 6.23 Å². The summed E-state index contributed by atoms with van der Waals surface area (Å²) in [4.78, 5) is 13.9. The van der Waals surface area contributed by atoms with Crippen LogP contribution >= 0.6 is 0 Å². The number of amides is 1. The molecule has 0 aliphatic carbocycles. The zero-order valence-electron chi connectivity index (χ0n) is 15.9. The summed E-state index contributed by atoms with van der Waals surface area (Å²) in [6.07, 6.45) is 16.4. The molecule has 0 radical (unpaired) electrons. The van der Waals surface area contributed by atoms with E-state index in [9.17, 15) is 9.90 Å². The molecule has 1 fully saturated rings. The minimum atomic E-state index is -0.257. The molecule has 1 atom stereocenters. The maximum Gasteiger partial charge on any atom is 0.219 e. The summed E-state index contributed by atoms with van der Waals surface area (Å²) in [7, 11) is 0. The van der Waals surface area contributed by atoms with E-state index in [2.05, 4.69) is 17.1 Å². The molecule has 1 aliphatic heterocycles. The van der Waals surface area contributed by atoms with Crippen LogP contribution in [-0.4, -0.2) is 41.8 Å². The van der Waals surface area contributed by atoms with Crippen LogP contribution < -0.4 is 5.32 Å². The van der Waals surface area contributed by atoms with E-state index in [1.807, 2.05) is 0 Å². The minimum absolute atomic E-state index is 0.191. The van der Waals surface area contributed by atoms with Crippen LogP contribution in [0, 0.1) is 0 Å². The van der Waals surface area contributed by atoms with Gasteiger partial charge in [0.15, 0.2) is 0 Å². The maximum absolute atomic E-state index is 11.8. The summed E-state index contributed by atoms with van der Waals surface area (Å²) >= 11 is 0. The second-order valence-electron chi connectivity index (χ2n) is 7.29. The number of rotatable bonds is 15. The molecule has 1 saturated heterocycles. The van der Waals surface area contributed by atoms with Crippen molar-refractivity contribution in [2.24, 2.45) is 0 Å². The zero-order chi connectivity index (χ0) is 17.5. The van der Waals surface area contributed by atoms with Crippen LogP contribution in [-0.2, 0) is 4.79 Å². The van der Waals surface area contributed by atoms with Crippen molar-refractivity contribution in [1.82, 2.24) is 10.2 Å². The maximum atomic E-state index is 11.8. The molecule has 0 saturated carbocycles. The first-order valence-corrected chi connectivity index (χ1v) is 10.4. The fourth-order valence-electron chi connectivity index (χ4n) is 3.44. The van der Waals surface area contributed by atoms with Gasteiger partial charge in [-0.05, 0) is 25.7 Å². The second-order valence-corrected chi connectivity index (χ2v) is 7.29. The minimum Gasteiger partial charge on any atom is -0.378 e. The third-order valence-electron chi connectivity index (χ3n) is 5.03. The lowest BCUT2D eigenvalue weighted by molar-refractivity contribution is -0.121. The van der Waals surface area contributed by atoms with E-state index >= 15 is 0 Å². The molecule has 4 nitrogen and oxygen atoms in total. The fourth-order valence-corrected chi connectivity index (χ4v) is 3.44. The monoisotopic (exact) mass is 340 g/mol. The van der Waals surface area contributed by atoms with Gasteiger partial charge in [-0.15, -0.1) is 0 Å². The van der Waals surface area contributed by atoms with Gasteiger partial charge in [-0.25, -0.2) is 0 Å². The number of aliphatic hydroxyl groups is 1. The SMILES string of the molecule is CCCCCCCCCCCCC(=O)NCCCN1CCCC1O. The van der Waals surface area contributed by atoms with Gasteiger partial charge in [0.25, 0.3) is 0 Å². The summed E-state index contributed by atoms with van der Waals surface area (Å²) in [6, 6.07) is 0. The Balaban J connectivity index is 1.79. The lowest BCUT2D eigenvalue weighted by atomic mass is 10.1. The summed E-state index contributed by atoms with van der Waals surface area (Å²) in [5.74, 6) is 0.191. The van der Waals surface area contributed by atoms with Gasteiger partial charge in [-0.1, -0.05) is 64.7 Å². The van der Waals surface area contributed by atoms with Gasteiger partial charge in [-0.2, -0.15) is 0 Å². The zero-order valence-corrected chi connectivity index (χ0v) is 15.9. The predicted molar refractivity (Wildman–Crippen MR) is 101 cm³/mol. The molecule has 24 heavy (non-hydrogen) atoms. The Morgan fingerprint density at radius 2 is 1.62 bits per heavy atom. The quantitative estimate of drug-likeness (QED) is 0.439. The fraction of sp³-hybridized carbons (Fsp3) is 0.950. The number of likely N-dealkylation sites (tertiary alicyclic amines) is 1. The molecule has 0 aromatic carbocycles. The third-order valence-corrected chi connectivity index (χ3v) is 5.03. The molecule has 1 aliphatic rings. The van der Waals surface area contributed by atoms with E-state index < -0.39 is 0 Å². The third kappa shape index (κ3) is 11.0. The average molecular weight is 341 g/mol. The van der Waals surface area contributed by atoms with Crippen LogP contribution in [0.25, 0.3) is 0 Å². The standard InChI is InChI=1S/C20H40N2O2/c1-2-3-4-5-6-7-8-9-10-11-14-19(23)21-16-13-18-22-17-12-15-20(22)24/h20,24H,2-18H2,1H3,(H,21,23). The topological polar surface area (TPSA) is 52.6 Å². The predicted octanol–water partition coefficient (Wildman–Crippen LogP) is 4.22. The van der Waals surface area contributed by atoms with Gasteiger partial charge < -0.3 is 10.4 Å². The first-order chi connectivity index (χ1) is 11.7. The van der Waals surface area contributed by atoms with Crippen molar-refractivity contribution >= 4 is 5.91 Å². The highest BCUT2D eigenvalue weighted by atomic mass is 16.3. The van der Waals surface area contributed by atoms with Crippen molar-refractivity contribution in [3.8, 4) is 0 Å². The van der Waals surface area contributed by atoms with E-state index in [1.54, 1.807) is 0 Å². The van der Waals surface area contributed by atoms with Crippen molar-refractivity contribution in [3.63, 3.8) is 0 Å². The number of nitrogens with one attached hydrogen (secondary N) is 1. The normalized spacial score (nSPS) is 18.2. The molecule has 142 valence electrons. The van der Waals surface area contributed by atoms with Crippen molar-refractivity contribution in [2.45, 2.75) is 103 Å². The van der Waals surface area contributed by atoms with Crippen molar-refractivity contribution in [3.05, 3.63) is 0 Å². The van der Waals surface area contributed by atoms with E-state index in [0.29, 0.717) is 6.42 Å². The first-order valence-electron chi connectivity index (χ1n) is 10.4. The number of carbonyl (C=O) groups excluding carboxylic acids is 1. The Labute approximate surface area is 149 Å². The van der Waals surface area contributed by atoms with Gasteiger partial charge in [0, 0.05) is 26.1 Å². The Kier molecular flexibility index (Phi) is 13.1. The highest BCUT2D eigenvalue weighted by molar-refractivity contribution is 5.75. The molecule has 0 aromatic rings.